The molecule has 4 rings (SSSR count). The molecule has 0 fully saturated rings. The van der Waals surface area contributed by atoms with Gasteiger partial charge in [0, 0.05) is 22.1 Å². The fourth-order valence-electron chi connectivity index (χ4n) is 3.19. The van der Waals surface area contributed by atoms with Crippen LogP contribution in [0.5, 0.6) is 0 Å². The van der Waals surface area contributed by atoms with Crippen molar-refractivity contribution >= 4 is 50.1 Å². The van der Waals surface area contributed by atoms with Gasteiger partial charge < -0.3 is 4.98 Å². The van der Waals surface area contributed by atoms with Gasteiger partial charge in [-0.05, 0) is 42.0 Å². The lowest BCUT2D eigenvalue weighted by Crippen LogP contribution is -2.25. The van der Waals surface area contributed by atoms with Gasteiger partial charge in [0.1, 0.15) is 10.5 Å². The molecule has 0 aliphatic heterocycles. The molecule has 0 saturated carbocycles. The number of hydrogen-bond donors (Lipinski definition) is 2. The normalized spacial score (nSPS) is 11.7. The highest BCUT2D eigenvalue weighted by atomic mass is 35.5. The number of fused-ring (bicyclic) bond motifs is 1. The number of sulfonamides is 1. The molecule has 2 aromatic carbocycles. The van der Waals surface area contributed by atoms with Crippen LogP contribution in [0, 0.1) is 0 Å². The van der Waals surface area contributed by atoms with Crippen molar-refractivity contribution in [3.63, 3.8) is 0 Å². The number of carbonyl (C=O) groups excluding carboxylic acids is 1. The Hall–Kier alpha value is -3.75. The number of H-pyrrole nitrogens is 1. The van der Waals surface area contributed by atoms with E-state index in [1.165, 1.54) is 48.8 Å². The molecule has 0 amide bonds. The number of nitrogens with zero attached hydrogens (tertiary/aromatic N) is 1. The fraction of sp³-hybridized carbons (Fsp3) is 0. The zero-order chi connectivity index (χ0) is 22.7. The van der Waals surface area contributed by atoms with Crippen molar-refractivity contribution in [2.45, 2.75) is 4.90 Å². The molecule has 7 nitrogen and oxygen atoms in total. The standard InChI is InChI=1S/C23H16ClN3O4S/c24-16-9-10-19-18(13-16)22(32(30,31)27-17-7-4-12-25-14-17)21(23(29)26-19)20(28)11-8-15-5-2-1-3-6-15/h1-14,27H,(H,26,29). The van der Waals surface area contributed by atoms with Crippen LogP contribution in [0.4, 0.5) is 5.69 Å². The zero-order valence-corrected chi connectivity index (χ0v) is 18.0. The highest BCUT2D eigenvalue weighted by molar-refractivity contribution is 7.93. The molecule has 2 heterocycles. The number of hydrogen-bond acceptors (Lipinski definition) is 5. The van der Waals surface area contributed by atoms with Crippen molar-refractivity contribution in [2.24, 2.45) is 0 Å². The van der Waals surface area contributed by atoms with Gasteiger partial charge in [-0.1, -0.05) is 48.0 Å². The molecular formula is C23H16ClN3O4S. The van der Waals surface area contributed by atoms with Crippen LogP contribution in [-0.2, 0) is 10.0 Å². The molecule has 0 aliphatic rings. The molecule has 4 aromatic rings. The van der Waals surface area contributed by atoms with Crippen LogP contribution >= 0.6 is 11.6 Å². The largest absolute Gasteiger partial charge is 0.321 e. The smallest absolute Gasteiger partial charge is 0.263 e. The Morgan fingerprint density at radius 2 is 1.84 bits per heavy atom. The average molecular weight is 466 g/mol. The molecule has 160 valence electrons. The van der Waals surface area contributed by atoms with Crippen LogP contribution in [0.25, 0.3) is 17.0 Å². The maximum Gasteiger partial charge on any atom is 0.263 e. The Labute approximate surface area is 188 Å². The van der Waals surface area contributed by atoms with Crippen molar-refractivity contribution in [1.82, 2.24) is 9.97 Å². The molecule has 0 atom stereocenters. The quantitative estimate of drug-likeness (QED) is 0.326. The molecule has 0 radical (unpaired) electrons. The topological polar surface area (TPSA) is 109 Å². The van der Waals surface area contributed by atoms with E-state index in [9.17, 15) is 18.0 Å². The van der Waals surface area contributed by atoms with E-state index in [1.807, 2.05) is 6.07 Å². The number of aromatic amines is 1. The van der Waals surface area contributed by atoms with E-state index in [4.69, 9.17) is 11.6 Å². The Bertz CT molecular complexity index is 1500. The lowest BCUT2D eigenvalue weighted by molar-refractivity contribution is 0.104. The summed E-state index contributed by atoms with van der Waals surface area (Å²) in [6, 6.07) is 16.4. The molecular weight excluding hydrogens is 450 g/mol. The van der Waals surface area contributed by atoms with E-state index in [2.05, 4.69) is 14.7 Å². The van der Waals surface area contributed by atoms with Crippen LogP contribution in [0.15, 0.2) is 88.8 Å². The van der Waals surface area contributed by atoms with Gasteiger partial charge in [0.15, 0.2) is 5.78 Å². The second kappa shape index (κ2) is 8.78. The summed E-state index contributed by atoms with van der Waals surface area (Å²) in [4.78, 5) is 31.9. The van der Waals surface area contributed by atoms with Gasteiger partial charge in [-0.2, -0.15) is 0 Å². The highest BCUT2D eigenvalue weighted by Gasteiger charge is 2.28. The van der Waals surface area contributed by atoms with Crippen LogP contribution in [-0.4, -0.2) is 24.2 Å². The van der Waals surface area contributed by atoms with Gasteiger partial charge >= 0.3 is 0 Å². The summed E-state index contributed by atoms with van der Waals surface area (Å²) >= 11 is 6.10. The van der Waals surface area contributed by atoms with Gasteiger partial charge in [0.2, 0.25) is 0 Å². The summed E-state index contributed by atoms with van der Waals surface area (Å²) < 4.78 is 29.1. The first-order valence-corrected chi connectivity index (χ1v) is 11.3. The predicted octanol–water partition coefficient (Wildman–Crippen LogP) is 4.27. The lowest BCUT2D eigenvalue weighted by atomic mass is 10.1. The Balaban J connectivity index is 1.92. The van der Waals surface area contributed by atoms with E-state index >= 15 is 0 Å². The minimum absolute atomic E-state index is 0.116. The number of nitrogens with one attached hydrogen (secondary N) is 2. The van der Waals surface area contributed by atoms with Crippen molar-refractivity contribution in [3.8, 4) is 0 Å². The summed E-state index contributed by atoms with van der Waals surface area (Å²) in [5.74, 6) is -0.761. The zero-order valence-electron chi connectivity index (χ0n) is 16.4. The molecule has 0 saturated heterocycles. The third kappa shape index (κ3) is 4.46. The molecule has 32 heavy (non-hydrogen) atoms. The molecule has 9 heteroatoms. The minimum atomic E-state index is -4.36. The van der Waals surface area contributed by atoms with Crippen LogP contribution in [0.3, 0.4) is 0 Å². The van der Waals surface area contributed by atoms with E-state index < -0.39 is 31.8 Å². The molecule has 2 aromatic heterocycles. The number of ketones is 1. The Kier molecular flexibility index (Phi) is 5.89. The minimum Gasteiger partial charge on any atom is -0.321 e. The highest BCUT2D eigenvalue weighted by Crippen LogP contribution is 2.28. The third-order valence-corrected chi connectivity index (χ3v) is 6.29. The summed E-state index contributed by atoms with van der Waals surface area (Å²) in [7, 11) is -4.36. The average Bonchev–Trinajstić information content (AvgIpc) is 2.78. The first-order valence-electron chi connectivity index (χ1n) is 9.41. The molecule has 0 unspecified atom stereocenters. The Morgan fingerprint density at radius 1 is 1.06 bits per heavy atom. The molecule has 2 N–H and O–H groups in total. The lowest BCUT2D eigenvalue weighted by Gasteiger charge is -2.13. The SMILES string of the molecule is O=C(C=Cc1ccccc1)c1c(S(=O)(=O)Nc2cccnc2)c2cc(Cl)ccc2[nH]c1=O. The first-order chi connectivity index (χ1) is 15.3. The number of anilines is 1. The molecule has 0 aliphatic carbocycles. The van der Waals surface area contributed by atoms with E-state index in [-0.39, 0.29) is 21.6 Å². The summed E-state index contributed by atoms with van der Waals surface area (Å²) in [6.45, 7) is 0. The van der Waals surface area contributed by atoms with Gasteiger partial charge in [0.25, 0.3) is 15.6 Å². The van der Waals surface area contributed by atoms with E-state index in [1.54, 1.807) is 30.3 Å². The van der Waals surface area contributed by atoms with Crippen LogP contribution in [0.1, 0.15) is 15.9 Å². The van der Waals surface area contributed by atoms with Crippen LogP contribution in [0.2, 0.25) is 5.02 Å². The van der Waals surface area contributed by atoms with Gasteiger partial charge in [-0.25, -0.2) is 8.42 Å². The van der Waals surface area contributed by atoms with Crippen molar-refractivity contribution in [1.29, 1.82) is 0 Å². The van der Waals surface area contributed by atoms with Crippen LogP contribution < -0.4 is 10.3 Å². The fourth-order valence-corrected chi connectivity index (χ4v) is 4.81. The molecule has 0 bridgehead atoms. The Morgan fingerprint density at radius 3 is 2.56 bits per heavy atom. The number of allylic oxidation sites excluding steroid dienone is 1. The monoisotopic (exact) mass is 465 g/mol. The summed E-state index contributed by atoms with van der Waals surface area (Å²) in [6.07, 6.45) is 5.48. The number of pyridine rings is 2. The number of carbonyl (C=O) groups is 1. The number of rotatable bonds is 6. The number of halogens is 1. The number of benzene rings is 2. The second-order valence-corrected chi connectivity index (χ2v) is 8.86. The third-order valence-electron chi connectivity index (χ3n) is 4.58. The summed E-state index contributed by atoms with van der Waals surface area (Å²) in [5.41, 5.74) is -0.202. The van der Waals surface area contributed by atoms with Crippen molar-refractivity contribution < 1.29 is 13.2 Å². The van der Waals surface area contributed by atoms with E-state index in [0.29, 0.717) is 0 Å². The van der Waals surface area contributed by atoms with Gasteiger partial charge in [-0.3, -0.25) is 19.3 Å². The predicted molar refractivity (Wildman–Crippen MR) is 124 cm³/mol. The van der Waals surface area contributed by atoms with E-state index in [0.717, 1.165) is 5.56 Å². The summed E-state index contributed by atoms with van der Waals surface area (Å²) in [5, 5.41) is 0.366. The maximum absolute atomic E-state index is 13.4. The van der Waals surface area contributed by atoms with Crippen molar-refractivity contribution in [2.75, 3.05) is 4.72 Å². The van der Waals surface area contributed by atoms with Gasteiger partial charge in [-0.15, -0.1) is 0 Å². The first kappa shape index (κ1) is 21.5. The molecule has 0 spiro atoms. The second-order valence-electron chi connectivity index (χ2n) is 6.80. The van der Waals surface area contributed by atoms with Crippen molar-refractivity contribution in [3.05, 3.63) is 106 Å². The maximum atomic E-state index is 13.4. The van der Waals surface area contributed by atoms with Gasteiger partial charge in [0.05, 0.1) is 11.9 Å². The number of aromatic nitrogens is 2.